The van der Waals surface area contributed by atoms with E-state index in [2.05, 4.69) is 60.6 Å². The number of ether oxygens (including phenoxy) is 1. The lowest BCUT2D eigenvalue weighted by atomic mass is 9.33. The lowest BCUT2D eigenvalue weighted by Crippen LogP contribution is -2.65. The van der Waals surface area contributed by atoms with E-state index >= 15 is 0 Å². The first-order chi connectivity index (χ1) is 21.1. The zero-order chi connectivity index (χ0) is 32.6. The van der Waals surface area contributed by atoms with Crippen LogP contribution in [0, 0.1) is 50.7 Å². The Labute approximate surface area is 278 Å². The number of hydrogen-bond acceptors (Lipinski definition) is 3. The minimum atomic E-state index is -0.138. The van der Waals surface area contributed by atoms with Gasteiger partial charge in [-0.25, -0.2) is 0 Å². The standard InChI is InChI=1S/C41H59ClO3/c1-26(2)35-31(44)25-41(20-10-9-11-28-12-14-29(42)15-13-28)24-23-39(7)30(36(35)41)16-17-33-38(6)21-19-34(45-27(3)43)37(4,5)32(38)18-22-40(33,39)8/h12-15,26,30,32-34H,9-11,16-25H2,1-8H3/t30-,32+,33-,34+,38+,39-,40-,41+/m1/s1. The fraction of sp³-hybridized carbons (Fsp3) is 0.756. The summed E-state index contributed by atoms with van der Waals surface area (Å²) in [5, 5.41) is 0.799. The number of rotatable bonds is 7. The third-order valence-electron chi connectivity index (χ3n) is 15.1. The number of fused-ring (bicyclic) bond motifs is 7. The highest BCUT2D eigenvalue weighted by Crippen LogP contribution is 2.77. The highest BCUT2D eigenvalue weighted by Gasteiger charge is 2.70. The quantitative estimate of drug-likeness (QED) is 0.221. The van der Waals surface area contributed by atoms with Gasteiger partial charge in [0.25, 0.3) is 0 Å². The van der Waals surface area contributed by atoms with E-state index in [9.17, 15) is 9.59 Å². The van der Waals surface area contributed by atoms with Gasteiger partial charge in [0.2, 0.25) is 0 Å². The number of allylic oxidation sites excluding steroid dienone is 2. The molecule has 0 bridgehead atoms. The van der Waals surface area contributed by atoms with Gasteiger partial charge >= 0.3 is 5.97 Å². The predicted octanol–water partition coefficient (Wildman–Crippen LogP) is 11.0. The molecule has 0 aliphatic heterocycles. The summed E-state index contributed by atoms with van der Waals surface area (Å²) >= 11 is 6.13. The molecule has 4 saturated carbocycles. The van der Waals surface area contributed by atoms with Gasteiger partial charge in [-0.2, -0.15) is 0 Å². The Morgan fingerprint density at radius 2 is 1.60 bits per heavy atom. The molecule has 0 N–H and O–H groups in total. The number of carbonyl (C=O) groups excluding carboxylic acids is 2. The minimum absolute atomic E-state index is 0.0163. The average molecular weight is 635 g/mol. The van der Waals surface area contributed by atoms with Crippen molar-refractivity contribution in [2.24, 2.45) is 50.7 Å². The normalized spacial score (nSPS) is 40.4. The van der Waals surface area contributed by atoms with E-state index in [1.54, 1.807) is 12.5 Å². The number of unbranched alkanes of at least 4 members (excludes halogenated alkanes) is 1. The van der Waals surface area contributed by atoms with Crippen LogP contribution in [0.4, 0.5) is 0 Å². The first-order valence-corrected chi connectivity index (χ1v) is 18.7. The summed E-state index contributed by atoms with van der Waals surface area (Å²) in [6, 6.07) is 8.32. The average Bonchev–Trinajstić information content (AvgIpc) is 3.26. The van der Waals surface area contributed by atoms with Crippen molar-refractivity contribution in [3.8, 4) is 0 Å². The van der Waals surface area contributed by atoms with Crippen LogP contribution in [0.25, 0.3) is 0 Å². The van der Waals surface area contributed by atoms with Gasteiger partial charge in [0.15, 0.2) is 5.78 Å². The third-order valence-corrected chi connectivity index (χ3v) is 15.4. The van der Waals surface area contributed by atoms with Crippen LogP contribution in [-0.4, -0.2) is 17.9 Å². The van der Waals surface area contributed by atoms with Gasteiger partial charge in [0, 0.05) is 23.8 Å². The maximum atomic E-state index is 13.9. The molecule has 8 atom stereocenters. The summed E-state index contributed by atoms with van der Waals surface area (Å²) in [6.07, 6.45) is 14.8. The zero-order valence-corrected chi connectivity index (χ0v) is 30.2. The lowest BCUT2D eigenvalue weighted by Gasteiger charge is -2.72. The van der Waals surface area contributed by atoms with Crippen LogP contribution in [0.3, 0.4) is 0 Å². The first kappa shape index (κ1) is 33.3. The number of halogens is 1. The molecule has 0 amide bonds. The Morgan fingerprint density at radius 1 is 0.889 bits per heavy atom. The lowest BCUT2D eigenvalue weighted by molar-refractivity contribution is -0.232. The third kappa shape index (κ3) is 5.10. The molecule has 5 aliphatic carbocycles. The van der Waals surface area contributed by atoms with Gasteiger partial charge in [-0.3, -0.25) is 9.59 Å². The van der Waals surface area contributed by atoms with E-state index < -0.39 is 0 Å². The van der Waals surface area contributed by atoms with E-state index in [0.29, 0.717) is 29.5 Å². The molecule has 1 aromatic rings. The number of hydrogen-bond donors (Lipinski definition) is 0. The second-order valence-electron chi connectivity index (χ2n) is 17.8. The number of benzene rings is 1. The van der Waals surface area contributed by atoms with Crippen LogP contribution in [0.2, 0.25) is 5.02 Å². The number of aryl methyl sites for hydroxylation is 1. The van der Waals surface area contributed by atoms with Crippen molar-refractivity contribution in [1.29, 1.82) is 0 Å². The Hall–Kier alpha value is -1.61. The van der Waals surface area contributed by atoms with Crippen LogP contribution in [0.5, 0.6) is 0 Å². The van der Waals surface area contributed by atoms with Gasteiger partial charge in [0.1, 0.15) is 6.10 Å². The summed E-state index contributed by atoms with van der Waals surface area (Å²) in [5.41, 5.74) is 4.93. The largest absolute Gasteiger partial charge is 0.462 e. The van der Waals surface area contributed by atoms with Gasteiger partial charge in [-0.1, -0.05) is 84.2 Å². The predicted molar refractivity (Wildman–Crippen MR) is 184 cm³/mol. The molecule has 4 fully saturated rings. The Bertz CT molecular complexity index is 1360. The zero-order valence-electron chi connectivity index (χ0n) is 29.5. The Balaban J connectivity index is 1.28. The summed E-state index contributed by atoms with van der Waals surface area (Å²) in [4.78, 5) is 26.0. The molecule has 248 valence electrons. The molecule has 0 saturated heterocycles. The van der Waals surface area contributed by atoms with Crippen molar-refractivity contribution in [3.05, 3.63) is 46.0 Å². The summed E-state index contributed by atoms with van der Waals surface area (Å²) in [7, 11) is 0. The second kappa shape index (κ2) is 11.5. The Morgan fingerprint density at radius 3 is 2.27 bits per heavy atom. The number of Topliss-reactive ketones (excluding diaryl/α,β-unsaturated/α-hetero) is 1. The van der Waals surface area contributed by atoms with Crippen molar-refractivity contribution in [2.45, 2.75) is 145 Å². The summed E-state index contributed by atoms with van der Waals surface area (Å²) in [5.74, 6) is 2.34. The maximum absolute atomic E-state index is 13.9. The monoisotopic (exact) mass is 634 g/mol. The number of ketones is 1. The maximum Gasteiger partial charge on any atom is 0.302 e. The summed E-state index contributed by atoms with van der Waals surface area (Å²) in [6.45, 7) is 18.8. The molecule has 0 unspecified atom stereocenters. The van der Waals surface area contributed by atoms with Crippen LogP contribution >= 0.6 is 11.6 Å². The molecular formula is C41H59ClO3. The molecule has 1 aromatic carbocycles. The highest BCUT2D eigenvalue weighted by molar-refractivity contribution is 6.30. The molecule has 0 spiro atoms. The molecule has 0 heterocycles. The van der Waals surface area contributed by atoms with Crippen LogP contribution in [-0.2, 0) is 20.7 Å². The van der Waals surface area contributed by atoms with Crippen molar-refractivity contribution in [1.82, 2.24) is 0 Å². The van der Waals surface area contributed by atoms with Crippen molar-refractivity contribution >= 4 is 23.4 Å². The van der Waals surface area contributed by atoms with Gasteiger partial charge in [-0.15, -0.1) is 0 Å². The topological polar surface area (TPSA) is 43.4 Å². The number of carbonyl (C=O) groups is 2. The molecule has 0 aromatic heterocycles. The van der Waals surface area contributed by atoms with Gasteiger partial charge in [-0.05, 0) is 139 Å². The first-order valence-electron chi connectivity index (χ1n) is 18.3. The van der Waals surface area contributed by atoms with Crippen LogP contribution in [0.1, 0.15) is 138 Å². The van der Waals surface area contributed by atoms with E-state index in [4.69, 9.17) is 16.3 Å². The Kier molecular flexibility index (Phi) is 8.53. The smallest absolute Gasteiger partial charge is 0.302 e. The van der Waals surface area contributed by atoms with E-state index in [0.717, 1.165) is 43.5 Å². The minimum Gasteiger partial charge on any atom is -0.462 e. The highest BCUT2D eigenvalue weighted by atomic mass is 35.5. The molecule has 5 aliphatic rings. The summed E-state index contributed by atoms with van der Waals surface area (Å²) < 4.78 is 5.96. The van der Waals surface area contributed by atoms with Crippen molar-refractivity contribution in [3.63, 3.8) is 0 Å². The molecule has 0 radical (unpaired) electrons. The fourth-order valence-corrected chi connectivity index (χ4v) is 13.0. The fourth-order valence-electron chi connectivity index (χ4n) is 12.9. The molecule has 6 rings (SSSR count). The van der Waals surface area contributed by atoms with Crippen LogP contribution < -0.4 is 0 Å². The molecule has 4 heteroatoms. The SMILES string of the molecule is CC(=O)O[C@H]1CC[C@]2(C)[C@H]3CC[C@@H]4C5=C(C(C)C)C(=O)C[C@]5(CCCCc5ccc(Cl)cc5)CC[C@@]4(C)[C@]3(C)CC[C@H]2C1(C)C. The van der Waals surface area contributed by atoms with Gasteiger partial charge in [0.05, 0.1) is 0 Å². The second-order valence-corrected chi connectivity index (χ2v) is 18.2. The van der Waals surface area contributed by atoms with E-state index in [-0.39, 0.29) is 39.1 Å². The van der Waals surface area contributed by atoms with Crippen molar-refractivity contribution in [2.75, 3.05) is 0 Å². The van der Waals surface area contributed by atoms with Crippen LogP contribution in [0.15, 0.2) is 35.4 Å². The van der Waals surface area contributed by atoms with E-state index in [1.165, 1.54) is 56.1 Å². The number of esters is 1. The molecular weight excluding hydrogens is 576 g/mol. The molecule has 45 heavy (non-hydrogen) atoms. The van der Waals surface area contributed by atoms with Gasteiger partial charge < -0.3 is 4.74 Å². The van der Waals surface area contributed by atoms with E-state index in [1.807, 2.05) is 12.1 Å². The van der Waals surface area contributed by atoms with Crippen molar-refractivity contribution < 1.29 is 14.3 Å². The molecule has 3 nitrogen and oxygen atoms in total.